The molecule has 0 bridgehead atoms. The van der Waals surface area contributed by atoms with Crippen LogP contribution in [-0.2, 0) is 0 Å². The number of methoxy groups -OCH3 is 1. The summed E-state index contributed by atoms with van der Waals surface area (Å²) in [6.45, 7) is 0. The molecule has 5 heteroatoms. The zero-order valence-electron chi connectivity index (χ0n) is 11.1. The second-order valence-electron chi connectivity index (χ2n) is 4.60. The summed E-state index contributed by atoms with van der Waals surface area (Å²) in [6.07, 6.45) is -0.966. The molecule has 1 N–H and O–H groups in total. The number of benzene rings is 2. The molecule has 1 aromatic heterocycles. The maximum atomic E-state index is 10.5. The van der Waals surface area contributed by atoms with Crippen LogP contribution in [0.2, 0.25) is 10.0 Å². The Morgan fingerprint density at radius 1 is 1.14 bits per heavy atom. The van der Waals surface area contributed by atoms with Crippen molar-refractivity contribution in [2.24, 2.45) is 0 Å². The Balaban J connectivity index is 2.07. The molecule has 0 aliphatic rings. The number of fused-ring (bicyclic) bond motifs is 1. The third kappa shape index (κ3) is 2.60. The highest BCUT2D eigenvalue weighted by Gasteiger charge is 2.19. The molecule has 21 heavy (non-hydrogen) atoms. The van der Waals surface area contributed by atoms with E-state index < -0.39 is 6.10 Å². The molecule has 0 radical (unpaired) electrons. The van der Waals surface area contributed by atoms with Crippen LogP contribution in [0.25, 0.3) is 11.0 Å². The predicted octanol–water partition coefficient (Wildman–Crippen LogP) is 4.83. The highest BCUT2D eigenvalue weighted by atomic mass is 35.5. The van der Waals surface area contributed by atoms with Crippen molar-refractivity contribution in [3.8, 4) is 5.75 Å². The maximum absolute atomic E-state index is 10.5. The fraction of sp³-hybridized carbons (Fsp3) is 0.125. The average Bonchev–Trinajstić information content (AvgIpc) is 2.90. The molecular formula is C16H12Cl2O3. The zero-order chi connectivity index (χ0) is 15.0. The van der Waals surface area contributed by atoms with Gasteiger partial charge in [-0.2, -0.15) is 0 Å². The van der Waals surface area contributed by atoms with Crippen LogP contribution >= 0.6 is 23.2 Å². The van der Waals surface area contributed by atoms with E-state index in [0.29, 0.717) is 32.7 Å². The van der Waals surface area contributed by atoms with Crippen LogP contribution in [0, 0.1) is 0 Å². The number of aliphatic hydroxyl groups is 1. The van der Waals surface area contributed by atoms with Crippen molar-refractivity contribution < 1.29 is 14.3 Å². The first-order chi connectivity index (χ1) is 10.1. The van der Waals surface area contributed by atoms with Gasteiger partial charge >= 0.3 is 0 Å². The molecule has 3 nitrogen and oxygen atoms in total. The topological polar surface area (TPSA) is 42.6 Å². The Morgan fingerprint density at radius 2 is 1.95 bits per heavy atom. The highest BCUT2D eigenvalue weighted by Crippen LogP contribution is 2.35. The van der Waals surface area contributed by atoms with Gasteiger partial charge in [-0.3, -0.25) is 0 Å². The minimum absolute atomic E-state index is 0.391. The van der Waals surface area contributed by atoms with Gasteiger partial charge in [0, 0.05) is 21.0 Å². The number of aliphatic hydroxyl groups excluding tert-OH is 1. The first kappa shape index (κ1) is 14.3. The van der Waals surface area contributed by atoms with Crippen LogP contribution in [0.15, 0.2) is 46.9 Å². The molecule has 0 saturated heterocycles. The van der Waals surface area contributed by atoms with Gasteiger partial charge in [-0.05, 0) is 24.3 Å². The molecule has 3 rings (SSSR count). The number of hydrogen-bond donors (Lipinski definition) is 1. The number of furan rings is 1. The molecular weight excluding hydrogens is 311 g/mol. The van der Waals surface area contributed by atoms with Gasteiger partial charge < -0.3 is 14.3 Å². The molecule has 3 aromatic rings. The van der Waals surface area contributed by atoms with Crippen molar-refractivity contribution in [1.29, 1.82) is 0 Å². The molecule has 0 amide bonds. The smallest absolute Gasteiger partial charge is 0.176 e. The Hall–Kier alpha value is -1.68. The minimum Gasteiger partial charge on any atom is -0.493 e. The van der Waals surface area contributed by atoms with E-state index in [1.165, 1.54) is 0 Å². The van der Waals surface area contributed by atoms with Crippen molar-refractivity contribution in [1.82, 2.24) is 0 Å². The molecule has 0 fully saturated rings. The van der Waals surface area contributed by atoms with E-state index in [0.717, 1.165) is 5.39 Å². The summed E-state index contributed by atoms with van der Waals surface area (Å²) in [5.41, 5.74) is 1.14. The summed E-state index contributed by atoms with van der Waals surface area (Å²) in [5.74, 6) is 1.02. The lowest BCUT2D eigenvalue weighted by Gasteiger charge is -2.10. The molecule has 0 aliphatic heterocycles. The molecule has 0 aliphatic carbocycles. The number of para-hydroxylation sites is 1. The fourth-order valence-corrected chi connectivity index (χ4v) is 2.74. The second kappa shape index (κ2) is 5.60. The van der Waals surface area contributed by atoms with Crippen LogP contribution < -0.4 is 4.74 Å². The molecule has 2 aromatic carbocycles. The van der Waals surface area contributed by atoms with E-state index in [2.05, 4.69) is 0 Å². The van der Waals surface area contributed by atoms with Gasteiger partial charge in [-0.1, -0.05) is 41.4 Å². The first-order valence-electron chi connectivity index (χ1n) is 6.29. The van der Waals surface area contributed by atoms with Gasteiger partial charge in [0.05, 0.1) is 7.11 Å². The van der Waals surface area contributed by atoms with Crippen molar-refractivity contribution >= 4 is 34.2 Å². The SMILES string of the molecule is COc1cccc2cc([C@@H](O)c3ccc(Cl)cc3Cl)oc12. The van der Waals surface area contributed by atoms with E-state index >= 15 is 0 Å². The molecule has 0 saturated carbocycles. The third-order valence-electron chi connectivity index (χ3n) is 3.27. The normalized spacial score (nSPS) is 12.6. The van der Waals surface area contributed by atoms with Gasteiger partial charge in [-0.25, -0.2) is 0 Å². The Kier molecular flexibility index (Phi) is 3.81. The van der Waals surface area contributed by atoms with E-state index in [-0.39, 0.29) is 0 Å². The lowest BCUT2D eigenvalue weighted by molar-refractivity contribution is 0.192. The minimum atomic E-state index is -0.966. The monoisotopic (exact) mass is 322 g/mol. The Bertz CT molecular complexity index is 795. The van der Waals surface area contributed by atoms with E-state index in [9.17, 15) is 5.11 Å². The molecule has 0 unspecified atom stereocenters. The number of ether oxygens (including phenoxy) is 1. The van der Waals surface area contributed by atoms with Crippen molar-refractivity contribution in [3.05, 3.63) is 63.8 Å². The number of hydrogen-bond acceptors (Lipinski definition) is 3. The summed E-state index contributed by atoms with van der Waals surface area (Å²) in [7, 11) is 1.57. The second-order valence-corrected chi connectivity index (χ2v) is 5.44. The molecule has 1 heterocycles. The van der Waals surface area contributed by atoms with Gasteiger partial charge in [0.1, 0.15) is 11.9 Å². The van der Waals surface area contributed by atoms with Crippen LogP contribution in [-0.4, -0.2) is 12.2 Å². The first-order valence-corrected chi connectivity index (χ1v) is 7.05. The molecule has 1 atom stereocenters. The summed E-state index contributed by atoms with van der Waals surface area (Å²) in [5, 5.41) is 12.2. The number of halogens is 2. The van der Waals surface area contributed by atoms with Gasteiger partial charge in [0.2, 0.25) is 0 Å². The summed E-state index contributed by atoms with van der Waals surface area (Å²) in [4.78, 5) is 0. The largest absolute Gasteiger partial charge is 0.493 e. The van der Waals surface area contributed by atoms with E-state index in [4.69, 9.17) is 32.4 Å². The fourth-order valence-electron chi connectivity index (χ4n) is 2.23. The lowest BCUT2D eigenvalue weighted by atomic mass is 10.1. The number of rotatable bonds is 3. The molecule has 108 valence electrons. The standard InChI is InChI=1S/C16H12Cl2O3/c1-20-13-4-2-3-9-7-14(21-16(9)13)15(19)11-6-5-10(17)8-12(11)18/h2-8,15,19H,1H3/t15-/m0/s1. The quantitative estimate of drug-likeness (QED) is 0.751. The van der Waals surface area contributed by atoms with Gasteiger partial charge in [0.15, 0.2) is 11.3 Å². The van der Waals surface area contributed by atoms with Crippen LogP contribution in [0.1, 0.15) is 17.4 Å². The lowest BCUT2D eigenvalue weighted by Crippen LogP contribution is -1.98. The maximum Gasteiger partial charge on any atom is 0.176 e. The highest BCUT2D eigenvalue weighted by molar-refractivity contribution is 6.35. The van der Waals surface area contributed by atoms with Crippen molar-refractivity contribution in [3.63, 3.8) is 0 Å². The zero-order valence-corrected chi connectivity index (χ0v) is 12.7. The predicted molar refractivity (Wildman–Crippen MR) is 83.3 cm³/mol. The molecule has 0 spiro atoms. The van der Waals surface area contributed by atoms with Crippen LogP contribution in [0.3, 0.4) is 0 Å². The van der Waals surface area contributed by atoms with Crippen molar-refractivity contribution in [2.45, 2.75) is 6.10 Å². The Labute approximate surface area is 131 Å². The van der Waals surface area contributed by atoms with Crippen molar-refractivity contribution in [2.75, 3.05) is 7.11 Å². The van der Waals surface area contributed by atoms with E-state index in [1.807, 2.05) is 12.1 Å². The van der Waals surface area contributed by atoms with E-state index in [1.54, 1.807) is 37.4 Å². The van der Waals surface area contributed by atoms with Crippen LogP contribution in [0.5, 0.6) is 5.75 Å². The van der Waals surface area contributed by atoms with Gasteiger partial charge in [-0.15, -0.1) is 0 Å². The summed E-state index contributed by atoms with van der Waals surface area (Å²) < 4.78 is 11.0. The van der Waals surface area contributed by atoms with Gasteiger partial charge in [0.25, 0.3) is 0 Å². The average molecular weight is 323 g/mol. The Morgan fingerprint density at radius 3 is 2.67 bits per heavy atom. The van der Waals surface area contributed by atoms with Crippen LogP contribution in [0.4, 0.5) is 0 Å². The summed E-state index contributed by atoms with van der Waals surface area (Å²) in [6, 6.07) is 12.3. The summed E-state index contributed by atoms with van der Waals surface area (Å²) >= 11 is 12.0. The third-order valence-corrected chi connectivity index (χ3v) is 3.84.